The molecule has 5 heteroatoms. The molecular formula is C15H20ClF2NO. The molecule has 0 saturated carbocycles. The first-order valence-electron chi connectivity index (χ1n) is 6.73. The minimum Gasteiger partial charge on any atom is -0.355 e. The highest BCUT2D eigenvalue weighted by atomic mass is 35.5. The van der Waals surface area contributed by atoms with Crippen LogP contribution in [-0.2, 0) is 11.2 Å². The average molecular weight is 304 g/mol. The Hall–Kier alpha value is -1.16. The lowest BCUT2D eigenvalue weighted by atomic mass is 9.84. The average Bonchev–Trinajstić information content (AvgIpc) is 2.45. The first-order chi connectivity index (χ1) is 9.46. The summed E-state index contributed by atoms with van der Waals surface area (Å²) >= 11 is 5.96. The van der Waals surface area contributed by atoms with Crippen molar-refractivity contribution < 1.29 is 13.6 Å². The third-order valence-corrected chi connectivity index (χ3v) is 4.36. The third kappa shape index (κ3) is 4.44. The molecule has 0 bridgehead atoms. The van der Waals surface area contributed by atoms with Gasteiger partial charge in [0.2, 0.25) is 5.91 Å². The highest BCUT2D eigenvalue weighted by molar-refractivity contribution is 6.18. The minimum atomic E-state index is -0.937. The summed E-state index contributed by atoms with van der Waals surface area (Å²) in [7, 11) is 0. The van der Waals surface area contributed by atoms with Crippen molar-refractivity contribution >= 4 is 17.5 Å². The molecule has 0 saturated heterocycles. The predicted octanol–water partition coefficient (Wildman–Crippen LogP) is 3.67. The van der Waals surface area contributed by atoms with Crippen LogP contribution in [0.2, 0.25) is 0 Å². The van der Waals surface area contributed by atoms with E-state index in [1.165, 1.54) is 6.07 Å². The fourth-order valence-electron chi connectivity index (χ4n) is 1.92. The van der Waals surface area contributed by atoms with E-state index in [9.17, 15) is 13.6 Å². The van der Waals surface area contributed by atoms with Gasteiger partial charge in [-0.3, -0.25) is 4.79 Å². The van der Waals surface area contributed by atoms with Crippen LogP contribution in [0.25, 0.3) is 0 Å². The molecule has 0 spiro atoms. The third-order valence-electron chi connectivity index (χ3n) is 3.79. The molecule has 0 fully saturated rings. The maximum Gasteiger partial charge on any atom is 0.224 e. The second kappa shape index (κ2) is 7.58. The van der Waals surface area contributed by atoms with E-state index in [2.05, 4.69) is 5.32 Å². The maximum absolute atomic E-state index is 13.0. The molecule has 112 valence electrons. The van der Waals surface area contributed by atoms with Gasteiger partial charge in [0.25, 0.3) is 0 Å². The molecule has 0 aliphatic rings. The number of hydrogen-bond donors (Lipinski definition) is 1. The Labute approximate surface area is 123 Å². The molecule has 0 unspecified atom stereocenters. The first-order valence-corrected chi connectivity index (χ1v) is 7.26. The molecule has 0 aliphatic heterocycles. The molecule has 2 nitrogen and oxygen atoms in total. The van der Waals surface area contributed by atoms with Crippen molar-refractivity contribution in [3.63, 3.8) is 0 Å². The molecule has 1 rings (SSSR count). The number of amides is 1. The SMILES string of the molecule is CCC(CC)(CCl)CNC(=O)Cc1ccc(F)c(F)c1. The van der Waals surface area contributed by atoms with Crippen molar-refractivity contribution in [1.29, 1.82) is 0 Å². The van der Waals surface area contributed by atoms with Crippen molar-refractivity contribution in [1.82, 2.24) is 5.32 Å². The molecule has 0 atom stereocenters. The number of halogens is 3. The van der Waals surface area contributed by atoms with Gasteiger partial charge in [0, 0.05) is 17.8 Å². The van der Waals surface area contributed by atoms with Crippen LogP contribution in [0.1, 0.15) is 32.3 Å². The summed E-state index contributed by atoms with van der Waals surface area (Å²) in [5, 5.41) is 2.82. The van der Waals surface area contributed by atoms with Gasteiger partial charge < -0.3 is 5.32 Å². The van der Waals surface area contributed by atoms with Crippen molar-refractivity contribution in [2.75, 3.05) is 12.4 Å². The van der Waals surface area contributed by atoms with Crippen LogP contribution in [-0.4, -0.2) is 18.3 Å². The Morgan fingerprint density at radius 2 is 1.90 bits per heavy atom. The monoisotopic (exact) mass is 303 g/mol. The van der Waals surface area contributed by atoms with E-state index in [1.807, 2.05) is 13.8 Å². The van der Waals surface area contributed by atoms with E-state index < -0.39 is 11.6 Å². The van der Waals surface area contributed by atoms with Crippen LogP contribution in [0.3, 0.4) is 0 Å². The van der Waals surface area contributed by atoms with Crippen LogP contribution in [0.15, 0.2) is 18.2 Å². The zero-order valence-electron chi connectivity index (χ0n) is 11.8. The van der Waals surface area contributed by atoms with Crippen molar-refractivity contribution in [3.05, 3.63) is 35.4 Å². The molecule has 0 heterocycles. The standard InChI is InChI=1S/C15H20ClF2NO/c1-3-15(4-2,9-16)10-19-14(20)8-11-5-6-12(17)13(18)7-11/h5-7H,3-4,8-10H2,1-2H3,(H,19,20). The number of carbonyl (C=O) groups is 1. The van der Waals surface area contributed by atoms with Crippen LogP contribution >= 0.6 is 11.6 Å². The van der Waals surface area contributed by atoms with Crippen molar-refractivity contribution in [2.24, 2.45) is 5.41 Å². The summed E-state index contributed by atoms with van der Waals surface area (Å²) in [4.78, 5) is 11.8. The Balaban J connectivity index is 2.57. The van der Waals surface area contributed by atoms with Crippen LogP contribution in [0, 0.1) is 17.0 Å². The van der Waals surface area contributed by atoms with Crippen LogP contribution in [0.5, 0.6) is 0 Å². The molecule has 0 aliphatic carbocycles. The van der Waals surface area contributed by atoms with Gasteiger partial charge in [0.05, 0.1) is 6.42 Å². The van der Waals surface area contributed by atoms with E-state index >= 15 is 0 Å². The molecule has 0 aromatic heterocycles. The molecule has 1 N–H and O–H groups in total. The fraction of sp³-hybridized carbons (Fsp3) is 0.533. The summed E-state index contributed by atoms with van der Waals surface area (Å²) in [6, 6.07) is 3.48. The van der Waals surface area contributed by atoms with E-state index in [1.54, 1.807) is 0 Å². The van der Waals surface area contributed by atoms with E-state index in [-0.39, 0.29) is 17.7 Å². The lowest BCUT2D eigenvalue weighted by Gasteiger charge is -2.29. The van der Waals surface area contributed by atoms with Gasteiger partial charge in [-0.05, 0) is 30.5 Å². The minimum absolute atomic E-state index is 0.0307. The topological polar surface area (TPSA) is 29.1 Å². The number of nitrogens with one attached hydrogen (secondary N) is 1. The maximum atomic E-state index is 13.0. The Morgan fingerprint density at radius 1 is 1.25 bits per heavy atom. The molecule has 20 heavy (non-hydrogen) atoms. The van der Waals surface area contributed by atoms with Gasteiger partial charge in [0.1, 0.15) is 0 Å². The molecule has 1 amide bonds. The van der Waals surface area contributed by atoms with Gasteiger partial charge >= 0.3 is 0 Å². The van der Waals surface area contributed by atoms with E-state index in [4.69, 9.17) is 11.6 Å². The number of alkyl halides is 1. The highest BCUT2D eigenvalue weighted by Crippen LogP contribution is 2.26. The van der Waals surface area contributed by atoms with Gasteiger partial charge in [-0.25, -0.2) is 8.78 Å². The second-order valence-electron chi connectivity index (χ2n) is 5.04. The zero-order chi connectivity index (χ0) is 15.2. The van der Waals surface area contributed by atoms with Crippen molar-refractivity contribution in [3.8, 4) is 0 Å². The predicted molar refractivity (Wildman–Crippen MR) is 76.8 cm³/mol. The largest absolute Gasteiger partial charge is 0.355 e. The van der Waals surface area contributed by atoms with E-state index in [0.29, 0.717) is 18.0 Å². The molecular weight excluding hydrogens is 284 g/mol. The number of benzene rings is 1. The van der Waals surface area contributed by atoms with E-state index in [0.717, 1.165) is 25.0 Å². The van der Waals surface area contributed by atoms with Crippen LogP contribution < -0.4 is 5.32 Å². The summed E-state index contributed by atoms with van der Waals surface area (Å²) in [5.74, 6) is -1.59. The number of hydrogen-bond acceptors (Lipinski definition) is 1. The lowest BCUT2D eigenvalue weighted by Crippen LogP contribution is -2.38. The summed E-state index contributed by atoms with van der Waals surface area (Å²) < 4.78 is 25.8. The normalized spacial score (nSPS) is 11.4. The quantitative estimate of drug-likeness (QED) is 0.765. The van der Waals surface area contributed by atoms with Crippen LogP contribution in [0.4, 0.5) is 8.78 Å². The molecule has 0 radical (unpaired) electrons. The van der Waals surface area contributed by atoms with Gasteiger partial charge in [0.15, 0.2) is 11.6 Å². The lowest BCUT2D eigenvalue weighted by molar-refractivity contribution is -0.120. The summed E-state index contributed by atoms with van der Waals surface area (Å²) in [6.45, 7) is 4.56. The Kier molecular flexibility index (Phi) is 6.40. The zero-order valence-corrected chi connectivity index (χ0v) is 12.6. The van der Waals surface area contributed by atoms with Gasteiger partial charge in [-0.15, -0.1) is 11.6 Å². The highest BCUT2D eigenvalue weighted by Gasteiger charge is 2.25. The summed E-state index contributed by atoms with van der Waals surface area (Å²) in [6.07, 6.45) is 1.78. The molecule has 1 aromatic carbocycles. The molecule has 1 aromatic rings. The van der Waals surface area contributed by atoms with Gasteiger partial charge in [-0.2, -0.15) is 0 Å². The second-order valence-corrected chi connectivity index (χ2v) is 5.31. The summed E-state index contributed by atoms with van der Waals surface area (Å²) in [5.41, 5.74) is 0.344. The first kappa shape index (κ1) is 16.9. The fourth-order valence-corrected chi connectivity index (χ4v) is 2.39. The number of rotatable bonds is 7. The Bertz CT molecular complexity index is 453. The van der Waals surface area contributed by atoms with Gasteiger partial charge in [-0.1, -0.05) is 19.9 Å². The Morgan fingerprint density at radius 3 is 2.40 bits per heavy atom. The van der Waals surface area contributed by atoms with Crippen molar-refractivity contribution in [2.45, 2.75) is 33.1 Å². The number of carbonyl (C=O) groups excluding carboxylic acids is 1. The smallest absolute Gasteiger partial charge is 0.224 e.